The Morgan fingerprint density at radius 1 is 0.297 bits per heavy atom. The minimum Gasteiger partial charge on any atom is -0.436 e. The number of hydrogen-bond donors (Lipinski definition) is 0. The molecule has 0 atom stereocenters. The maximum atomic E-state index is 6.07. The molecule has 3 aromatic heterocycles. The van der Waals surface area contributed by atoms with Crippen LogP contribution in [0, 0.1) is 0 Å². The highest BCUT2D eigenvalue weighted by Crippen LogP contribution is 2.36. The van der Waals surface area contributed by atoms with Crippen LogP contribution in [0.5, 0.6) is 0 Å². The smallest absolute Gasteiger partial charge is 0.227 e. The molecule has 0 unspecified atom stereocenters. The summed E-state index contributed by atoms with van der Waals surface area (Å²) >= 11 is 0. The number of para-hydroxylation sites is 2. The summed E-state index contributed by atoms with van der Waals surface area (Å²) in [5.74, 6) is 2.51. The fraction of sp³-hybridized carbons (Fsp3) is 0. The number of rotatable bonds is 8. The van der Waals surface area contributed by atoms with E-state index in [9.17, 15) is 0 Å². The van der Waals surface area contributed by atoms with Gasteiger partial charge in [-0.25, -0.2) is 19.9 Å². The summed E-state index contributed by atoms with van der Waals surface area (Å²) in [5.41, 5.74) is 15.5. The maximum absolute atomic E-state index is 6.07. The van der Waals surface area contributed by atoms with Gasteiger partial charge in [0.15, 0.2) is 23.1 Å². The maximum Gasteiger partial charge on any atom is 0.227 e. The van der Waals surface area contributed by atoms with Crippen LogP contribution in [-0.4, -0.2) is 24.5 Å². The second kappa shape index (κ2) is 15.6. The number of nitrogens with zero attached hydrogens (tertiary/aromatic N) is 5. The van der Waals surface area contributed by atoms with Crippen LogP contribution in [0.25, 0.3) is 118 Å². The first-order valence-corrected chi connectivity index (χ1v) is 21.4. The molecule has 300 valence electrons. The van der Waals surface area contributed by atoms with Gasteiger partial charge < -0.3 is 8.98 Å². The van der Waals surface area contributed by atoms with Crippen LogP contribution in [0.1, 0.15) is 0 Å². The zero-order valence-corrected chi connectivity index (χ0v) is 34.5. The lowest BCUT2D eigenvalue weighted by atomic mass is 9.97. The number of hydrogen-bond acceptors (Lipinski definition) is 5. The number of aromatic nitrogens is 5. The van der Waals surface area contributed by atoms with Gasteiger partial charge in [0, 0.05) is 38.7 Å². The summed E-state index contributed by atoms with van der Waals surface area (Å²) < 4.78 is 8.39. The Hall–Kier alpha value is -8.74. The Kier molecular flexibility index (Phi) is 9.05. The molecule has 0 aliphatic carbocycles. The predicted octanol–water partition coefficient (Wildman–Crippen LogP) is 14.8. The van der Waals surface area contributed by atoms with E-state index in [1.165, 1.54) is 5.39 Å². The molecular weight excluding hydrogens is 783 g/mol. The van der Waals surface area contributed by atoms with Crippen LogP contribution in [0.15, 0.2) is 229 Å². The van der Waals surface area contributed by atoms with Gasteiger partial charge in [-0.2, -0.15) is 0 Å². The number of fused-ring (bicyclic) bond motifs is 4. The molecule has 0 bridgehead atoms. The fourth-order valence-corrected chi connectivity index (χ4v) is 8.67. The quantitative estimate of drug-likeness (QED) is 0.153. The molecule has 12 aromatic rings. The molecule has 3 heterocycles. The van der Waals surface area contributed by atoms with Crippen LogP contribution >= 0.6 is 0 Å². The van der Waals surface area contributed by atoms with E-state index in [1.807, 2.05) is 66.7 Å². The predicted molar refractivity (Wildman–Crippen MR) is 260 cm³/mol. The van der Waals surface area contributed by atoms with Crippen molar-refractivity contribution in [1.29, 1.82) is 0 Å². The first-order chi connectivity index (χ1) is 31.7. The van der Waals surface area contributed by atoms with Crippen molar-refractivity contribution in [3.63, 3.8) is 0 Å². The van der Waals surface area contributed by atoms with Crippen LogP contribution in [-0.2, 0) is 0 Å². The number of oxazole rings is 1. The third-order valence-electron chi connectivity index (χ3n) is 11.9. The van der Waals surface area contributed by atoms with Crippen LogP contribution in [0.3, 0.4) is 0 Å². The minimum atomic E-state index is 0.622. The monoisotopic (exact) mass is 819 g/mol. The second-order valence-electron chi connectivity index (χ2n) is 15.9. The van der Waals surface area contributed by atoms with Gasteiger partial charge in [0.1, 0.15) is 5.52 Å². The third-order valence-corrected chi connectivity index (χ3v) is 11.9. The molecule has 12 rings (SSSR count). The lowest BCUT2D eigenvalue weighted by Gasteiger charge is -2.10. The Morgan fingerprint density at radius 2 is 0.766 bits per heavy atom. The first-order valence-electron chi connectivity index (χ1n) is 21.4. The average molecular weight is 820 g/mol. The Bertz CT molecular complexity index is 3640. The van der Waals surface area contributed by atoms with E-state index >= 15 is 0 Å². The molecule has 0 radical (unpaired) electrons. The molecular formula is C58H37N5O. The van der Waals surface area contributed by atoms with Crippen molar-refractivity contribution in [2.45, 2.75) is 0 Å². The summed E-state index contributed by atoms with van der Waals surface area (Å²) in [7, 11) is 0. The van der Waals surface area contributed by atoms with Crippen molar-refractivity contribution in [3.8, 4) is 84.7 Å². The Morgan fingerprint density at radius 3 is 1.45 bits per heavy atom. The number of benzene rings is 9. The molecule has 6 nitrogen and oxygen atoms in total. The van der Waals surface area contributed by atoms with Gasteiger partial charge in [-0.1, -0.05) is 158 Å². The van der Waals surface area contributed by atoms with Gasteiger partial charge in [-0.05, 0) is 100 Å². The molecule has 0 fully saturated rings. The molecule has 0 saturated heterocycles. The fourth-order valence-electron chi connectivity index (χ4n) is 8.67. The van der Waals surface area contributed by atoms with Crippen LogP contribution in [0.4, 0.5) is 0 Å². The molecule has 64 heavy (non-hydrogen) atoms. The zero-order chi connectivity index (χ0) is 42.4. The normalized spacial score (nSPS) is 11.4. The van der Waals surface area contributed by atoms with Gasteiger partial charge in [-0.15, -0.1) is 0 Å². The van der Waals surface area contributed by atoms with Crippen molar-refractivity contribution >= 4 is 32.9 Å². The zero-order valence-electron chi connectivity index (χ0n) is 34.5. The van der Waals surface area contributed by atoms with Crippen molar-refractivity contribution < 1.29 is 4.42 Å². The molecule has 0 saturated carbocycles. The van der Waals surface area contributed by atoms with Gasteiger partial charge in [0.25, 0.3) is 0 Å². The summed E-state index contributed by atoms with van der Waals surface area (Å²) in [4.78, 5) is 20.0. The second-order valence-corrected chi connectivity index (χ2v) is 15.9. The summed E-state index contributed by atoms with van der Waals surface area (Å²) in [6.45, 7) is 0. The average Bonchev–Trinajstić information content (AvgIpc) is 3.96. The summed E-state index contributed by atoms with van der Waals surface area (Å²) in [5, 5.41) is 2.32. The molecule has 0 N–H and O–H groups in total. The van der Waals surface area contributed by atoms with Crippen molar-refractivity contribution in [2.75, 3.05) is 0 Å². The molecule has 0 aliphatic rings. The minimum absolute atomic E-state index is 0.622. The van der Waals surface area contributed by atoms with E-state index in [4.69, 9.17) is 24.4 Å². The SMILES string of the molecule is c1ccc(-c2nc(-c3ccc(-c4ccc(-c5cccc(-c6ccc7oc(-c8ccccc8)nc7c6)c5)cc4)cc3)nc(-c3ccc4c(c3)c3ccccc3n4-c3ccccc3)n2)cc1. The van der Waals surface area contributed by atoms with E-state index < -0.39 is 0 Å². The highest BCUT2D eigenvalue weighted by molar-refractivity contribution is 6.10. The van der Waals surface area contributed by atoms with Crippen LogP contribution < -0.4 is 0 Å². The van der Waals surface area contributed by atoms with E-state index in [1.54, 1.807) is 0 Å². The largest absolute Gasteiger partial charge is 0.436 e. The van der Waals surface area contributed by atoms with E-state index in [0.717, 1.165) is 88.8 Å². The summed E-state index contributed by atoms with van der Waals surface area (Å²) in [6, 6.07) is 77.8. The highest BCUT2D eigenvalue weighted by atomic mass is 16.3. The van der Waals surface area contributed by atoms with Crippen molar-refractivity contribution in [2.24, 2.45) is 0 Å². The van der Waals surface area contributed by atoms with E-state index in [-0.39, 0.29) is 0 Å². The van der Waals surface area contributed by atoms with Gasteiger partial charge >= 0.3 is 0 Å². The molecule has 0 spiro atoms. The molecule has 9 aromatic carbocycles. The molecule has 0 aliphatic heterocycles. The van der Waals surface area contributed by atoms with E-state index in [0.29, 0.717) is 23.4 Å². The standard InChI is InChI=1S/C58H37N5O/c1-4-13-41(14-5-1)55-60-56(62-57(61-55)47-31-33-53-50(36-47)49-21-10-11-22-52(49)63(53)48-19-8-3-9-20-48)42-29-27-39(28-30-42)38-23-25-40(26-24-38)44-17-12-18-45(35-44)46-32-34-54-51(37-46)59-58(64-54)43-15-6-2-7-16-43/h1-37H. The molecule has 0 amide bonds. The lowest BCUT2D eigenvalue weighted by Crippen LogP contribution is -2.00. The van der Waals surface area contributed by atoms with Crippen LogP contribution in [0.2, 0.25) is 0 Å². The van der Waals surface area contributed by atoms with Crippen molar-refractivity contribution in [1.82, 2.24) is 24.5 Å². The third kappa shape index (κ3) is 6.80. The molecule has 6 heteroatoms. The lowest BCUT2D eigenvalue weighted by molar-refractivity contribution is 0.620. The van der Waals surface area contributed by atoms with Crippen molar-refractivity contribution in [3.05, 3.63) is 224 Å². The highest BCUT2D eigenvalue weighted by Gasteiger charge is 2.17. The first kappa shape index (κ1) is 37.1. The van der Waals surface area contributed by atoms with Gasteiger partial charge in [0.05, 0.1) is 11.0 Å². The van der Waals surface area contributed by atoms with E-state index in [2.05, 4.69) is 162 Å². The Balaban J connectivity index is 0.843. The topological polar surface area (TPSA) is 69.6 Å². The van der Waals surface area contributed by atoms with Gasteiger partial charge in [-0.3, -0.25) is 0 Å². The Labute approximate surface area is 369 Å². The summed E-state index contributed by atoms with van der Waals surface area (Å²) in [6.07, 6.45) is 0. The van der Waals surface area contributed by atoms with Gasteiger partial charge in [0.2, 0.25) is 5.89 Å².